The van der Waals surface area contributed by atoms with Crippen molar-refractivity contribution in [1.29, 1.82) is 0 Å². The Labute approximate surface area is 127 Å². The largest absolute Gasteiger partial charge is 0.497 e. The van der Waals surface area contributed by atoms with Crippen molar-refractivity contribution in [2.45, 2.75) is 33.4 Å². The molecule has 1 unspecified atom stereocenters. The van der Waals surface area contributed by atoms with Gasteiger partial charge in [-0.05, 0) is 38.5 Å². The van der Waals surface area contributed by atoms with Gasteiger partial charge in [0.2, 0.25) is 5.91 Å². The van der Waals surface area contributed by atoms with Gasteiger partial charge < -0.3 is 19.7 Å². The molecular weight excluding hydrogens is 268 g/mol. The molecular formula is C16H26N2O3. The highest BCUT2D eigenvalue weighted by Gasteiger charge is 2.17. The molecule has 0 heterocycles. The lowest BCUT2D eigenvalue weighted by atomic mass is 10.2. The summed E-state index contributed by atoms with van der Waals surface area (Å²) in [7, 11) is 3.25. The number of rotatable bonds is 8. The SMILES string of the molecule is CCN(CC)C(=O)C(C)NCc1cc(OC)cc(OC)c1. The third-order valence-electron chi connectivity index (χ3n) is 3.47. The molecule has 1 atom stereocenters. The van der Waals surface area contributed by atoms with E-state index in [1.54, 1.807) is 14.2 Å². The first kappa shape index (κ1) is 17.3. The normalized spacial score (nSPS) is 11.9. The van der Waals surface area contributed by atoms with Gasteiger partial charge in [-0.25, -0.2) is 0 Å². The molecule has 0 bridgehead atoms. The predicted molar refractivity (Wildman–Crippen MR) is 83.8 cm³/mol. The Morgan fingerprint density at radius 3 is 2.10 bits per heavy atom. The smallest absolute Gasteiger partial charge is 0.239 e. The Bertz CT molecular complexity index is 437. The van der Waals surface area contributed by atoms with E-state index < -0.39 is 0 Å². The van der Waals surface area contributed by atoms with Crippen molar-refractivity contribution < 1.29 is 14.3 Å². The number of hydrogen-bond acceptors (Lipinski definition) is 4. The van der Waals surface area contributed by atoms with Gasteiger partial charge in [0.15, 0.2) is 0 Å². The molecule has 0 saturated carbocycles. The first-order chi connectivity index (χ1) is 10.0. The third-order valence-corrected chi connectivity index (χ3v) is 3.47. The van der Waals surface area contributed by atoms with Crippen LogP contribution in [0.1, 0.15) is 26.3 Å². The van der Waals surface area contributed by atoms with Crippen molar-refractivity contribution in [1.82, 2.24) is 10.2 Å². The van der Waals surface area contributed by atoms with E-state index in [0.29, 0.717) is 6.54 Å². The number of hydrogen-bond donors (Lipinski definition) is 1. The van der Waals surface area contributed by atoms with E-state index >= 15 is 0 Å². The molecule has 0 aliphatic rings. The zero-order valence-corrected chi connectivity index (χ0v) is 13.6. The Balaban J connectivity index is 2.68. The molecule has 0 saturated heterocycles. The highest BCUT2D eigenvalue weighted by atomic mass is 16.5. The van der Waals surface area contributed by atoms with E-state index in [1.165, 1.54) is 0 Å². The molecule has 5 heteroatoms. The summed E-state index contributed by atoms with van der Waals surface area (Å²) in [5, 5.41) is 3.25. The summed E-state index contributed by atoms with van der Waals surface area (Å²) in [6.45, 7) is 7.91. The molecule has 0 aliphatic carbocycles. The quantitative estimate of drug-likeness (QED) is 0.797. The Morgan fingerprint density at radius 2 is 1.67 bits per heavy atom. The molecule has 1 N–H and O–H groups in total. The fourth-order valence-corrected chi connectivity index (χ4v) is 2.14. The lowest BCUT2D eigenvalue weighted by Gasteiger charge is -2.23. The highest BCUT2D eigenvalue weighted by molar-refractivity contribution is 5.81. The molecule has 0 radical (unpaired) electrons. The molecule has 5 nitrogen and oxygen atoms in total. The van der Waals surface area contributed by atoms with Crippen molar-refractivity contribution in [2.75, 3.05) is 27.3 Å². The second-order valence-electron chi connectivity index (χ2n) is 4.83. The topological polar surface area (TPSA) is 50.8 Å². The van der Waals surface area contributed by atoms with Gasteiger partial charge in [0, 0.05) is 25.7 Å². The van der Waals surface area contributed by atoms with E-state index in [1.807, 2.05) is 43.9 Å². The monoisotopic (exact) mass is 294 g/mol. The van der Waals surface area contributed by atoms with Crippen LogP contribution in [-0.4, -0.2) is 44.2 Å². The van der Waals surface area contributed by atoms with E-state index in [4.69, 9.17) is 9.47 Å². The molecule has 1 rings (SSSR count). The molecule has 0 fully saturated rings. The zero-order valence-electron chi connectivity index (χ0n) is 13.6. The van der Waals surface area contributed by atoms with Crippen LogP contribution in [0.5, 0.6) is 11.5 Å². The van der Waals surface area contributed by atoms with E-state index in [-0.39, 0.29) is 11.9 Å². The molecule has 0 aromatic heterocycles. The van der Waals surface area contributed by atoms with Gasteiger partial charge in [0.05, 0.1) is 20.3 Å². The standard InChI is InChI=1S/C16H26N2O3/c1-6-18(7-2)16(19)12(3)17-11-13-8-14(20-4)10-15(9-13)21-5/h8-10,12,17H,6-7,11H2,1-5H3. The summed E-state index contributed by atoms with van der Waals surface area (Å²) >= 11 is 0. The molecule has 0 spiro atoms. The Morgan fingerprint density at radius 1 is 1.14 bits per heavy atom. The lowest BCUT2D eigenvalue weighted by molar-refractivity contribution is -0.132. The summed E-state index contributed by atoms with van der Waals surface area (Å²) in [6.07, 6.45) is 0. The fraction of sp³-hybridized carbons (Fsp3) is 0.562. The van der Waals surface area contributed by atoms with Crippen LogP contribution >= 0.6 is 0 Å². The summed E-state index contributed by atoms with van der Waals surface area (Å²) in [5.74, 6) is 1.61. The number of methoxy groups -OCH3 is 2. The number of amides is 1. The van der Waals surface area contributed by atoms with Crippen molar-refractivity contribution in [2.24, 2.45) is 0 Å². The number of ether oxygens (including phenoxy) is 2. The van der Waals surface area contributed by atoms with Gasteiger partial charge in [0.1, 0.15) is 11.5 Å². The number of likely N-dealkylation sites (N-methyl/N-ethyl adjacent to an activating group) is 1. The van der Waals surface area contributed by atoms with Gasteiger partial charge in [-0.2, -0.15) is 0 Å². The molecule has 1 amide bonds. The lowest BCUT2D eigenvalue weighted by Crippen LogP contribution is -2.44. The number of benzene rings is 1. The van der Waals surface area contributed by atoms with Gasteiger partial charge >= 0.3 is 0 Å². The first-order valence-electron chi connectivity index (χ1n) is 7.29. The summed E-state index contributed by atoms with van der Waals surface area (Å²) in [5.41, 5.74) is 1.02. The van der Waals surface area contributed by atoms with Crippen molar-refractivity contribution in [3.05, 3.63) is 23.8 Å². The maximum absolute atomic E-state index is 12.2. The van der Waals surface area contributed by atoms with Gasteiger partial charge in [-0.15, -0.1) is 0 Å². The molecule has 1 aromatic rings. The van der Waals surface area contributed by atoms with Crippen molar-refractivity contribution in [3.63, 3.8) is 0 Å². The summed E-state index contributed by atoms with van der Waals surface area (Å²) in [6, 6.07) is 5.48. The Kier molecular flexibility index (Phi) is 7.02. The Hall–Kier alpha value is -1.75. The minimum absolute atomic E-state index is 0.120. The van der Waals surface area contributed by atoms with Gasteiger partial charge in [-0.1, -0.05) is 0 Å². The zero-order chi connectivity index (χ0) is 15.8. The van der Waals surface area contributed by atoms with Crippen LogP contribution < -0.4 is 14.8 Å². The van der Waals surface area contributed by atoms with Crippen LogP contribution in [0.25, 0.3) is 0 Å². The van der Waals surface area contributed by atoms with E-state index in [2.05, 4.69) is 5.32 Å². The fourth-order valence-electron chi connectivity index (χ4n) is 2.14. The average molecular weight is 294 g/mol. The summed E-state index contributed by atoms with van der Waals surface area (Å²) in [4.78, 5) is 14.0. The van der Waals surface area contributed by atoms with Crippen molar-refractivity contribution >= 4 is 5.91 Å². The predicted octanol–water partition coefficient (Wildman–Crippen LogP) is 2.05. The average Bonchev–Trinajstić information content (AvgIpc) is 2.53. The van der Waals surface area contributed by atoms with Crippen molar-refractivity contribution in [3.8, 4) is 11.5 Å². The third kappa shape index (κ3) is 4.93. The second-order valence-corrected chi connectivity index (χ2v) is 4.83. The first-order valence-corrected chi connectivity index (χ1v) is 7.29. The van der Waals surface area contributed by atoms with Crippen LogP contribution in [0.4, 0.5) is 0 Å². The van der Waals surface area contributed by atoms with E-state index in [0.717, 1.165) is 30.2 Å². The van der Waals surface area contributed by atoms with Gasteiger partial charge in [-0.3, -0.25) is 4.79 Å². The minimum atomic E-state index is -0.220. The molecule has 21 heavy (non-hydrogen) atoms. The second kappa shape index (κ2) is 8.52. The highest BCUT2D eigenvalue weighted by Crippen LogP contribution is 2.22. The summed E-state index contributed by atoms with van der Waals surface area (Å²) < 4.78 is 10.5. The molecule has 0 aliphatic heterocycles. The minimum Gasteiger partial charge on any atom is -0.497 e. The van der Waals surface area contributed by atoms with Crippen LogP contribution in [0.15, 0.2) is 18.2 Å². The van der Waals surface area contributed by atoms with Crippen LogP contribution in [0, 0.1) is 0 Å². The van der Waals surface area contributed by atoms with Crippen LogP contribution in [-0.2, 0) is 11.3 Å². The van der Waals surface area contributed by atoms with E-state index in [9.17, 15) is 4.79 Å². The van der Waals surface area contributed by atoms with Crippen LogP contribution in [0.2, 0.25) is 0 Å². The number of carbonyl (C=O) groups excluding carboxylic acids is 1. The molecule has 118 valence electrons. The number of nitrogens with one attached hydrogen (secondary N) is 1. The number of carbonyl (C=O) groups is 1. The maximum atomic E-state index is 12.2. The van der Waals surface area contributed by atoms with Gasteiger partial charge in [0.25, 0.3) is 0 Å². The molecule has 1 aromatic carbocycles. The number of nitrogens with zero attached hydrogens (tertiary/aromatic N) is 1. The maximum Gasteiger partial charge on any atom is 0.239 e. The van der Waals surface area contributed by atoms with Crippen LogP contribution in [0.3, 0.4) is 0 Å².